The van der Waals surface area contributed by atoms with E-state index in [1.54, 1.807) is 0 Å². The average Bonchev–Trinajstić information content (AvgIpc) is 2.48. The summed E-state index contributed by atoms with van der Waals surface area (Å²) in [4.78, 5) is 46.3. The number of hydrogen-bond acceptors (Lipinski definition) is 5. The molecule has 4 amide bonds. The number of imide groups is 2. The van der Waals surface area contributed by atoms with E-state index in [9.17, 15) is 24.5 Å². The van der Waals surface area contributed by atoms with E-state index in [0.29, 0.717) is 5.56 Å². The molecule has 1 aliphatic heterocycles. The number of nitro benzene ring substituents is 1. The fourth-order valence-electron chi connectivity index (χ4n) is 1.85. The highest BCUT2D eigenvalue weighted by atomic mass is 16.6. The van der Waals surface area contributed by atoms with Gasteiger partial charge in [0.05, 0.1) is 4.92 Å². The molecule has 2 rings (SSSR count). The molecule has 8 heteroatoms. The van der Waals surface area contributed by atoms with Gasteiger partial charge in [-0.15, -0.1) is 6.58 Å². The second kappa shape index (κ2) is 6.00. The first-order chi connectivity index (χ1) is 10.4. The van der Waals surface area contributed by atoms with E-state index in [-0.39, 0.29) is 17.8 Å². The van der Waals surface area contributed by atoms with Crippen LogP contribution in [0.15, 0.2) is 42.5 Å². The largest absolute Gasteiger partial charge is 0.331 e. The van der Waals surface area contributed by atoms with E-state index in [4.69, 9.17) is 0 Å². The molecule has 1 aliphatic rings. The molecular weight excluding hydrogens is 290 g/mol. The topological polar surface area (TPSA) is 110 Å². The van der Waals surface area contributed by atoms with Crippen molar-refractivity contribution in [2.75, 3.05) is 6.54 Å². The lowest BCUT2D eigenvalue weighted by Crippen LogP contribution is -2.54. The summed E-state index contributed by atoms with van der Waals surface area (Å²) in [5.74, 6) is -1.55. The number of rotatable bonds is 4. The number of urea groups is 1. The summed E-state index contributed by atoms with van der Waals surface area (Å²) in [6.07, 6.45) is 2.63. The van der Waals surface area contributed by atoms with E-state index in [2.05, 4.69) is 6.58 Å². The molecule has 0 radical (unpaired) electrons. The molecule has 8 nitrogen and oxygen atoms in total. The lowest BCUT2D eigenvalue weighted by atomic mass is 10.1. The monoisotopic (exact) mass is 301 g/mol. The quantitative estimate of drug-likeness (QED) is 0.296. The zero-order chi connectivity index (χ0) is 16.3. The van der Waals surface area contributed by atoms with Crippen molar-refractivity contribution in [2.24, 2.45) is 0 Å². The van der Waals surface area contributed by atoms with Crippen molar-refractivity contribution >= 4 is 29.6 Å². The minimum atomic E-state index is -0.811. The normalized spacial score (nSPS) is 16.6. The molecule has 1 aromatic rings. The van der Waals surface area contributed by atoms with Gasteiger partial charge in [0.2, 0.25) is 0 Å². The average molecular weight is 301 g/mol. The van der Waals surface area contributed by atoms with Crippen LogP contribution in [0.25, 0.3) is 6.08 Å². The van der Waals surface area contributed by atoms with Crippen molar-refractivity contribution < 1.29 is 19.3 Å². The SMILES string of the molecule is C=CCN1C(=O)NC(=O)C(=Cc2ccc([N+](=O)[O-])cc2)C1=O. The summed E-state index contributed by atoms with van der Waals surface area (Å²) in [5.41, 5.74) is 0.0948. The van der Waals surface area contributed by atoms with E-state index >= 15 is 0 Å². The highest BCUT2D eigenvalue weighted by Crippen LogP contribution is 2.17. The first kappa shape index (κ1) is 15.1. The summed E-state index contributed by atoms with van der Waals surface area (Å²) >= 11 is 0. The third kappa shape index (κ3) is 2.90. The molecule has 1 N–H and O–H groups in total. The van der Waals surface area contributed by atoms with Crippen LogP contribution in [0.1, 0.15) is 5.56 Å². The van der Waals surface area contributed by atoms with Crippen molar-refractivity contribution in [1.29, 1.82) is 0 Å². The molecule has 112 valence electrons. The van der Waals surface area contributed by atoms with Gasteiger partial charge in [0.1, 0.15) is 5.57 Å². The molecule has 0 aromatic heterocycles. The van der Waals surface area contributed by atoms with Gasteiger partial charge in [-0.1, -0.05) is 6.08 Å². The lowest BCUT2D eigenvalue weighted by Gasteiger charge is -2.25. The van der Waals surface area contributed by atoms with Gasteiger partial charge in [-0.2, -0.15) is 0 Å². The van der Waals surface area contributed by atoms with Crippen LogP contribution in [0.5, 0.6) is 0 Å². The number of hydrogen-bond donors (Lipinski definition) is 1. The number of nitrogens with zero attached hydrogens (tertiary/aromatic N) is 2. The van der Waals surface area contributed by atoms with Crippen LogP contribution < -0.4 is 5.32 Å². The molecule has 0 atom stereocenters. The maximum absolute atomic E-state index is 12.1. The summed E-state index contributed by atoms with van der Waals surface area (Å²) in [6.45, 7) is 3.40. The minimum absolute atomic E-state index is 0.0322. The number of barbiturate groups is 1. The zero-order valence-corrected chi connectivity index (χ0v) is 11.3. The Morgan fingerprint density at radius 3 is 2.41 bits per heavy atom. The molecule has 1 aromatic carbocycles. The van der Waals surface area contributed by atoms with Crippen molar-refractivity contribution in [3.8, 4) is 0 Å². The molecule has 0 bridgehead atoms. The Hall–Kier alpha value is -3.29. The summed E-state index contributed by atoms with van der Waals surface area (Å²) < 4.78 is 0. The zero-order valence-electron chi connectivity index (χ0n) is 11.3. The molecule has 1 saturated heterocycles. The van der Waals surface area contributed by atoms with Crippen molar-refractivity contribution in [3.05, 3.63) is 58.2 Å². The van der Waals surface area contributed by atoms with E-state index < -0.39 is 22.8 Å². The second-order valence-electron chi connectivity index (χ2n) is 4.37. The molecule has 0 aliphatic carbocycles. The van der Waals surface area contributed by atoms with Crippen molar-refractivity contribution in [3.63, 3.8) is 0 Å². The number of non-ortho nitro benzene ring substituents is 1. The highest BCUT2D eigenvalue weighted by molar-refractivity contribution is 6.31. The predicted octanol–water partition coefficient (Wildman–Crippen LogP) is 1.24. The van der Waals surface area contributed by atoms with Gasteiger partial charge in [-0.3, -0.25) is 29.9 Å². The van der Waals surface area contributed by atoms with Gasteiger partial charge in [0, 0.05) is 18.7 Å². The summed E-state index contributed by atoms with van der Waals surface area (Å²) in [7, 11) is 0. The number of nitrogens with one attached hydrogen (secondary N) is 1. The fourth-order valence-corrected chi connectivity index (χ4v) is 1.85. The number of carbonyl (C=O) groups is 3. The molecule has 1 fully saturated rings. The Morgan fingerprint density at radius 1 is 1.23 bits per heavy atom. The first-order valence-electron chi connectivity index (χ1n) is 6.18. The molecule has 0 saturated carbocycles. The summed E-state index contributed by atoms with van der Waals surface area (Å²) in [6, 6.07) is 4.50. The first-order valence-corrected chi connectivity index (χ1v) is 6.18. The maximum atomic E-state index is 12.1. The smallest absolute Gasteiger partial charge is 0.273 e. The van der Waals surface area contributed by atoms with Gasteiger partial charge in [0.25, 0.3) is 17.5 Å². The Kier molecular flexibility index (Phi) is 4.12. The van der Waals surface area contributed by atoms with E-state index in [1.807, 2.05) is 5.32 Å². The number of carbonyl (C=O) groups excluding carboxylic acids is 3. The highest BCUT2D eigenvalue weighted by Gasteiger charge is 2.34. The lowest BCUT2D eigenvalue weighted by molar-refractivity contribution is -0.384. The van der Waals surface area contributed by atoms with Crippen LogP contribution in [-0.4, -0.2) is 34.2 Å². The van der Waals surface area contributed by atoms with Crippen LogP contribution in [0.3, 0.4) is 0 Å². The van der Waals surface area contributed by atoms with Gasteiger partial charge in [-0.25, -0.2) is 4.79 Å². The number of benzene rings is 1. The minimum Gasteiger partial charge on any atom is -0.273 e. The van der Waals surface area contributed by atoms with E-state index in [0.717, 1.165) is 4.90 Å². The van der Waals surface area contributed by atoms with Gasteiger partial charge < -0.3 is 0 Å². The fraction of sp³-hybridized carbons (Fsp3) is 0.0714. The Balaban J connectivity index is 2.34. The molecule has 0 unspecified atom stereocenters. The van der Waals surface area contributed by atoms with Crippen LogP contribution in [0.4, 0.5) is 10.5 Å². The van der Waals surface area contributed by atoms with Crippen LogP contribution in [0, 0.1) is 10.1 Å². The Labute approximate surface area is 124 Å². The van der Waals surface area contributed by atoms with Crippen LogP contribution in [0.2, 0.25) is 0 Å². The number of nitro groups is 1. The van der Waals surface area contributed by atoms with Crippen LogP contribution >= 0.6 is 0 Å². The van der Waals surface area contributed by atoms with Crippen molar-refractivity contribution in [1.82, 2.24) is 10.2 Å². The second-order valence-corrected chi connectivity index (χ2v) is 4.37. The summed E-state index contributed by atoms with van der Waals surface area (Å²) in [5, 5.41) is 12.6. The Morgan fingerprint density at radius 2 is 1.86 bits per heavy atom. The van der Waals surface area contributed by atoms with Gasteiger partial charge >= 0.3 is 6.03 Å². The molecule has 0 spiro atoms. The molecule has 22 heavy (non-hydrogen) atoms. The predicted molar refractivity (Wildman–Crippen MR) is 76.5 cm³/mol. The Bertz CT molecular complexity index is 706. The van der Waals surface area contributed by atoms with Crippen molar-refractivity contribution in [2.45, 2.75) is 0 Å². The number of amides is 4. The third-order valence-corrected chi connectivity index (χ3v) is 2.91. The van der Waals surface area contributed by atoms with Gasteiger partial charge in [-0.05, 0) is 23.8 Å². The molecular formula is C14H11N3O5. The molecule has 1 heterocycles. The maximum Gasteiger partial charge on any atom is 0.331 e. The standard InChI is InChI=1S/C14H11N3O5/c1-2-7-16-13(19)11(12(18)15-14(16)20)8-9-3-5-10(6-4-9)17(21)22/h2-6,8H,1,7H2,(H,15,18,20). The third-order valence-electron chi connectivity index (χ3n) is 2.91. The van der Waals surface area contributed by atoms with Gasteiger partial charge in [0.15, 0.2) is 0 Å². The van der Waals surface area contributed by atoms with E-state index in [1.165, 1.54) is 36.4 Å². The van der Waals surface area contributed by atoms with Crippen LogP contribution in [-0.2, 0) is 9.59 Å².